The summed E-state index contributed by atoms with van der Waals surface area (Å²) in [5.74, 6) is -3.71. The summed E-state index contributed by atoms with van der Waals surface area (Å²) in [6.07, 6.45) is 2.98. The van der Waals surface area contributed by atoms with Gasteiger partial charge in [0.1, 0.15) is 17.7 Å². The van der Waals surface area contributed by atoms with Crippen LogP contribution in [0.2, 0.25) is 0 Å². The third-order valence-corrected chi connectivity index (χ3v) is 10.5. The normalized spacial score (nSPS) is 26.8. The van der Waals surface area contributed by atoms with Crippen molar-refractivity contribution in [2.75, 3.05) is 24.6 Å². The van der Waals surface area contributed by atoms with Crippen molar-refractivity contribution < 1.29 is 33.8 Å². The van der Waals surface area contributed by atoms with Crippen molar-refractivity contribution in [3.05, 3.63) is 90.5 Å². The molecule has 3 amide bonds. The van der Waals surface area contributed by atoms with E-state index in [1.807, 2.05) is 50.2 Å². The van der Waals surface area contributed by atoms with Crippen LogP contribution in [0.5, 0.6) is 0 Å². The van der Waals surface area contributed by atoms with Crippen LogP contribution in [-0.4, -0.2) is 82.1 Å². The monoisotopic (exact) mass is 721 g/mol. The quantitative estimate of drug-likeness (QED) is 0.169. The molecule has 2 N–H and O–H groups in total. The molecule has 2 aromatic rings. The van der Waals surface area contributed by atoms with Gasteiger partial charge in [-0.15, -0.1) is 13.2 Å². The third kappa shape index (κ3) is 6.35. The first-order chi connectivity index (χ1) is 23.0. The summed E-state index contributed by atoms with van der Waals surface area (Å²) in [6, 6.07) is 12.8. The van der Waals surface area contributed by atoms with Gasteiger partial charge in [0.15, 0.2) is 0 Å². The standard InChI is InChI=1S/C37H44BrN3O7/c1-6-8-17-28(43)39-20-24(5)47-36(46)29-30-34(44)41(27(21-42)25-15-10-9-11-16-25)33(37(30)19-26(38)32(29)48-37)35(45)40(18-7-2)31-22(3)13-12-14-23(31)4/h6-7,9-16,24,26-27,29-30,32-33,42H,1-2,8,17-21H2,3-5H3,(H,39,43)/t24-,26?,27+,29+,30-,32+,33+,37-/m0/s1. The number of anilines is 1. The van der Waals surface area contributed by atoms with Gasteiger partial charge in [-0.05, 0) is 50.3 Å². The molecule has 3 aliphatic heterocycles. The van der Waals surface area contributed by atoms with E-state index in [2.05, 4.69) is 34.4 Å². The molecule has 0 aromatic heterocycles. The highest BCUT2D eigenvalue weighted by molar-refractivity contribution is 9.09. The van der Waals surface area contributed by atoms with Crippen LogP contribution >= 0.6 is 15.9 Å². The number of esters is 1. The number of allylic oxidation sites excluding steroid dienone is 1. The van der Waals surface area contributed by atoms with Gasteiger partial charge >= 0.3 is 5.97 Å². The Hall–Kier alpha value is -3.80. The number of nitrogens with zero attached hydrogens (tertiary/aromatic N) is 2. The van der Waals surface area contributed by atoms with E-state index in [1.54, 1.807) is 36.1 Å². The summed E-state index contributed by atoms with van der Waals surface area (Å²) in [5.41, 5.74) is 1.72. The van der Waals surface area contributed by atoms with E-state index in [1.165, 1.54) is 4.90 Å². The van der Waals surface area contributed by atoms with Gasteiger partial charge in [0.2, 0.25) is 11.8 Å². The van der Waals surface area contributed by atoms with E-state index >= 15 is 4.79 Å². The van der Waals surface area contributed by atoms with Crippen molar-refractivity contribution in [2.24, 2.45) is 11.8 Å². The predicted octanol–water partition coefficient (Wildman–Crippen LogP) is 4.32. The molecule has 11 heteroatoms. The predicted molar refractivity (Wildman–Crippen MR) is 185 cm³/mol. The van der Waals surface area contributed by atoms with Crippen molar-refractivity contribution in [1.29, 1.82) is 0 Å². The Bertz CT molecular complexity index is 1550. The number of benzene rings is 2. The Labute approximate surface area is 290 Å². The van der Waals surface area contributed by atoms with Crippen LogP contribution in [0.25, 0.3) is 0 Å². The molecule has 1 unspecified atom stereocenters. The van der Waals surface area contributed by atoms with Gasteiger partial charge in [-0.2, -0.15) is 0 Å². The molecule has 3 heterocycles. The molecule has 0 aliphatic carbocycles. The lowest BCUT2D eigenvalue weighted by Crippen LogP contribution is -2.58. The number of rotatable bonds is 14. The summed E-state index contributed by atoms with van der Waals surface area (Å²) in [7, 11) is 0. The average molecular weight is 723 g/mol. The number of halogens is 1. The molecule has 1 spiro atoms. The number of ether oxygens (including phenoxy) is 2. The SMILES string of the molecule is C=CCCC(=O)NC[C@H](C)OC(=O)[C@H]1[C@@H]2O[C@@]3(CC2Br)[C@@H]1C(=O)N([C@H](CO)c1ccccc1)[C@@H]3C(=O)N(CC=C)c1c(C)cccc1C. The van der Waals surface area contributed by atoms with Gasteiger partial charge in [-0.1, -0.05) is 76.6 Å². The van der Waals surface area contributed by atoms with E-state index in [9.17, 15) is 19.5 Å². The van der Waals surface area contributed by atoms with Crippen molar-refractivity contribution >= 4 is 45.3 Å². The highest BCUT2D eigenvalue weighted by atomic mass is 79.9. The second-order valence-corrected chi connectivity index (χ2v) is 14.1. The Kier molecular flexibility index (Phi) is 10.9. The Balaban J connectivity index is 1.55. The number of carbonyl (C=O) groups is 4. The molecule has 2 aromatic carbocycles. The fraction of sp³-hybridized carbons (Fsp3) is 0.459. The van der Waals surface area contributed by atoms with Crippen LogP contribution in [0.1, 0.15) is 48.9 Å². The lowest BCUT2D eigenvalue weighted by molar-refractivity contribution is -0.159. The third-order valence-electron chi connectivity index (χ3n) is 9.69. The Morgan fingerprint density at radius 1 is 1.15 bits per heavy atom. The van der Waals surface area contributed by atoms with Crippen molar-refractivity contribution in [2.45, 2.75) is 74.8 Å². The summed E-state index contributed by atoms with van der Waals surface area (Å²) in [4.78, 5) is 58.7. The fourth-order valence-corrected chi connectivity index (χ4v) is 8.62. The largest absolute Gasteiger partial charge is 0.460 e. The molecule has 3 fully saturated rings. The number of hydrogen-bond acceptors (Lipinski definition) is 7. The minimum Gasteiger partial charge on any atom is -0.460 e. The summed E-state index contributed by atoms with van der Waals surface area (Å²) < 4.78 is 12.5. The summed E-state index contributed by atoms with van der Waals surface area (Å²) in [5, 5.41) is 13.6. The number of aliphatic hydroxyl groups excluding tert-OH is 1. The molecular formula is C37H44BrN3O7. The second-order valence-electron chi connectivity index (χ2n) is 12.9. The van der Waals surface area contributed by atoms with Crippen molar-refractivity contribution in [1.82, 2.24) is 10.2 Å². The molecule has 0 radical (unpaired) electrons. The molecule has 3 aliphatic rings. The Morgan fingerprint density at radius 2 is 1.83 bits per heavy atom. The number of alkyl halides is 1. The number of fused-ring (bicyclic) bond motifs is 1. The maximum atomic E-state index is 15.1. The first-order valence-corrected chi connectivity index (χ1v) is 17.3. The lowest BCUT2D eigenvalue weighted by Gasteiger charge is -2.40. The number of amides is 3. The number of para-hydroxylation sites is 1. The van der Waals surface area contributed by atoms with Gasteiger partial charge in [0.25, 0.3) is 5.91 Å². The average Bonchev–Trinajstić information content (AvgIpc) is 3.66. The van der Waals surface area contributed by atoms with Crippen LogP contribution in [0.15, 0.2) is 73.8 Å². The summed E-state index contributed by atoms with van der Waals surface area (Å²) >= 11 is 3.71. The van der Waals surface area contributed by atoms with Crippen LogP contribution in [0, 0.1) is 25.7 Å². The zero-order chi connectivity index (χ0) is 34.7. The maximum absolute atomic E-state index is 15.1. The van der Waals surface area contributed by atoms with Crippen LogP contribution in [0.3, 0.4) is 0 Å². The van der Waals surface area contributed by atoms with Crippen LogP contribution < -0.4 is 10.2 Å². The molecule has 256 valence electrons. The molecule has 8 atom stereocenters. The van der Waals surface area contributed by atoms with Crippen LogP contribution in [0.4, 0.5) is 5.69 Å². The molecule has 0 saturated carbocycles. The van der Waals surface area contributed by atoms with E-state index in [4.69, 9.17) is 9.47 Å². The number of nitrogens with one attached hydrogen (secondary N) is 1. The lowest BCUT2D eigenvalue weighted by atomic mass is 9.70. The van der Waals surface area contributed by atoms with Gasteiger partial charge in [-0.3, -0.25) is 19.2 Å². The van der Waals surface area contributed by atoms with Gasteiger partial charge in [0.05, 0.1) is 37.1 Å². The zero-order valence-electron chi connectivity index (χ0n) is 27.6. The molecule has 10 nitrogen and oxygen atoms in total. The molecular weight excluding hydrogens is 678 g/mol. The van der Waals surface area contributed by atoms with Gasteiger partial charge in [-0.25, -0.2) is 0 Å². The Morgan fingerprint density at radius 3 is 2.46 bits per heavy atom. The molecule has 3 saturated heterocycles. The number of aliphatic hydroxyl groups is 1. The van der Waals surface area contributed by atoms with E-state index in [0.717, 1.165) is 11.1 Å². The minimum absolute atomic E-state index is 0.0988. The minimum atomic E-state index is -1.38. The number of likely N-dealkylation sites (tertiary alicyclic amines) is 1. The smallest absolute Gasteiger partial charge is 0.312 e. The van der Waals surface area contributed by atoms with Crippen LogP contribution in [-0.2, 0) is 28.7 Å². The number of aryl methyl sites for hydroxylation is 2. The van der Waals surface area contributed by atoms with E-state index in [-0.39, 0.29) is 36.2 Å². The molecule has 5 rings (SSSR count). The number of carbonyl (C=O) groups excluding carboxylic acids is 4. The highest BCUT2D eigenvalue weighted by Crippen LogP contribution is 2.61. The van der Waals surface area contributed by atoms with E-state index in [0.29, 0.717) is 24.1 Å². The first-order valence-electron chi connectivity index (χ1n) is 16.4. The van der Waals surface area contributed by atoms with Gasteiger partial charge < -0.3 is 29.7 Å². The van der Waals surface area contributed by atoms with Gasteiger partial charge in [0, 0.05) is 23.5 Å². The van der Waals surface area contributed by atoms with Crippen molar-refractivity contribution in [3.63, 3.8) is 0 Å². The van der Waals surface area contributed by atoms with Crippen molar-refractivity contribution in [3.8, 4) is 0 Å². The maximum Gasteiger partial charge on any atom is 0.312 e. The number of hydrogen-bond donors (Lipinski definition) is 2. The second kappa shape index (κ2) is 14.8. The molecule has 48 heavy (non-hydrogen) atoms. The fourth-order valence-electron chi connectivity index (χ4n) is 7.68. The molecule has 2 bridgehead atoms. The first kappa shape index (κ1) is 35.5. The highest BCUT2D eigenvalue weighted by Gasteiger charge is 2.77. The topological polar surface area (TPSA) is 125 Å². The zero-order valence-corrected chi connectivity index (χ0v) is 29.2. The van der Waals surface area contributed by atoms with E-state index < -0.39 is 60.2 Å². The summed E-state index contributed by atoms with van der Waals surface area (Å²) in [6.45, 7) is 12.9.